The molecule has 0 aliphatic carbocycles. The van der Waals surface area contributed by atoms with Crippen LogP contribution in [0.2, 0.25) is 0 Å². The number of benzene rings is 1. The van der Waals surface area contributed by atoms with E-state index >= 15 is 0 Å². The van der Waals surface area contributed by atoms with E-state index in [1.165, 1.54) is 17.2 Å². The monoisotopic (exact) mass is 338 g/mol. The first-order valence-electron chi connectivity index (χ1n) is 7.64. The first-order valence-corrected chi connectivity index (χ1v) is 7.64. The predicted octanol–water partition coefficient (Wildman–Crippen LogP) is 1.18. The standard InChI is InChI=1S/C17H18N6O2/c1-22-9-12(15(18)24)8-13(22)17(25)23(2)10-14-19-16(21-20-14)11-6-4-3-5-7-11/h3-9H,10H2,1-2H3,(H2,18,24)(H,19,20,21). The molecule has 0 fully saturated rings. The topological polar surface area (TPSA) is 110 Å². The first kappa shape index (κ1) is 16.4. The Balaban J connectivity index is 1.74. The van der Waals surface area contributed by atoms with E-state index in [0.717, 1.165) is 5.56 Å². The lowest BCUT2D eigenvalue weighted by Gasteiger charge is -2.15. The lowest BCUT2D eigenvalue weighted by Crippen LogP contribution is -2.28. The van der Waals surface area contributed by atoms with Crippen molar-refractivity contribution in [3.8, 4) is 11.4 Å². The number of carbonyl (C=O) groups excluding carboxylic acids is 2. The molecule has 0 aliphatic rings. The van der Waals surface area contributed by atoms with Crippen LogP contribution >= 0.6 is 0 Å². The van der Waals surface area contributed by atoms with Crippen molar-refractivity contribution in [3.63, 3.8) is 0 Å². The molecular formula is C17H18N6O2. The van der Waals surface area contributed by atoms with Gasteiger partial charge >= 0.3 is 0 Å². The summed E-state index contributed by atoms with van der Waals surface area (Å²) in [5.74, 6) is 0.332. The number of rotatable bonds is 5. The van der Waals surface area contributed by atoms with Gasteiger partial charge in [0.15, 0.2) is 5.82 Å². The van der Waals surface area contributed by atoms with E-state index in [4.69, 9.17) is 5.73 Å². The van der Waals surface area contributed by atoms with Gasteiger partial charge in [0.05, 0.1) is 12.1 Å². The summed E-state index contributed by atoms with van der Waals surface area (Å²) in [6.07, 6.45) is 1.53. The molecule has 0 saturated heterocycles. The second-order valence-electron chi connectivity index (χ2n) is 5.72. The first-order chi connectivity index (χ1) is 12.0. The predicted molar refractivity (Wildman–Crippen MR) is 91.5 cm³/mol. The van der Waals surface area contributed by atoms with Crippen LogP contribution in [-0.2, 0) is 13.6 Å². The molecule has 0 aliphatic heterocycles. The molecule has 2 amide bonds. The average Bonchev–Trinajstić information content (AvgIpc) is 3.22. The lowest BCUT2D eigenvalue weighted by molar-refractivity contribution is 0.0772. The number of primary amides is 1. The fraction of sp³-hybridized carbons (Fsp3) is 0.176. The molecule has 3 N–H and O–H groups in total. The van der Waals surface area contributed by atoms with Gasteiger partial charge in [-0.25, -0.2) is 4.98 Å². The van der Waals surface area contributed by atoms with E-state index in [2.05, 4.69) is 15.2 Å². The molecule has 8 heteroatoms. The van der Waals surface area contributed by atoms with Crippen LogP contribution in [0.1, 0.15) is 26.7 Å². The van der Waals surface area contributed by atoms with E-state index in [1.54, 1.807) is 18.7 Å². The molecule has 3 rings (SSSR count). The summed E-state index contributed by atoms with van der Waals surface area (Å²) in [4.78, 5) is 29.7. The van der Waals surface area contributed by atoms with Gasteiger partial charge in [-0.3, -0.25) is 14.7 Å². The van der Waals surface area contributed by atoms with Crippen molar-refractivity contribution < 1.29 is 9.59 Å². The zero-order chi connectivity index (χ0) is 18.0. The van der Waals surface area contributed by atoms with E-state index in [9.17, 15) is 9.59 Å². The summed E-state index contributed by atoms with van der Waals surface area (Å²) in [6.45, 7) is 0.260. The van der Waals surface area contributed by atoms with Crippen molar-refractivity contribution in [2.45, 2.75) is 6.54 Å². The largest absolute Gasteiger partial charge is 0.366 e. The van der Waals surface area contributed by atoms with Crippen LogP contribution in [0.15, 0.2) is 42.6 Å². The Bertz CT molecular complexity index is 912. The van der Waals surface area contributed by atoms with Crippen molar-refractivity contribution in [1.29, 1.82) is 0 Å². The minimum Gasteiger partial charge on any atom is -0.366 e. The molecule has 2 heterocycles. The highest BCUT2D eigenvalue weighted by molar-refractivity contribution is 5.98. The maximum Gasteiger partial charge on any atom is 0.270 e. The van der Waals surface area contributed by atoms with Gasteiger partial charge in [0.2, 0.25) is 5.91 Å². The highest BCUT2D eigenvalue weighted by Crippen LogP contribution is 2.15. The maximum atomic E-state index is 12.6. The summed E-state index contributed by atoms with van der Waals surface area (Å²) < 4.78 is 1.58. The Morgan fingerprint density at radius 1 is 1.28 bits per heavy atom. The number of aryl methyl sites for hydroxylation is 1. The number of hydrogen-bond donors (Lipinski definition) is 2. The van der Waals surface area contributed by atoms with Crippen molar-refractivity contribution in [2.75, 3.05) is 7.05 Å². The molecule has 0 bridgehead atoms. The van der Waals surface area contributed by atoms with E-state index in [1.807, 2.05) is 30.3 Å². The molecule has 0 atom stereocenters. The number of nitrogens with two attached hydrogens (primary N) is 1. The summed E-state index contributed by atoms with van der Waals surface area (Å²) in [5.41, 5.74) is 6.82. The van der Waals surface area contributed by atoms with Gasteiger partial charge in [-0.1, -0.05) is 30.3 Å². The Hall–Kier alpha value is -3.42. The smallest absolute Gasteiger partial charge is 0.270 e. The molecule has 0 radical (unpaired) electrons. The van der Waals surface area contributed by atoms with Crippen molar-refractivity contribution in [1.82, 2.24) is 24.6 Å². The molecule has 25 heavy (non-hydrogen) atoms. The zero-order valence-corrected chi connectivity index (χ0v) is 13.9. The van der Waals surface area contributed by atoms with Crippen molar-refractivity contribution >= 4 is 11.8 Å². The summed E-state index contributed by atoms with van der Waals surface area (Å²) >= 11 is 0. The van der Waals surface area contributed by atoms with Crippen LogP contribution in [0.5, 0.6) is 0 Å². The van der Waals surface area contributed by atoms with Crippen molar-refractivity contribution in [3.05, 3.63) is 59.7 Å². The minimum absolute atomic E-state index is 0.243. The number of amides is 2. The number of aromatic amines is 1. The highest BCUT2D eigenvalue weighted by atomic mass is 16.2. The van der Waals surface area contributed by atoms with Gasteiger partial charge in [-0.05, 0) is 6.07 Å². The van der Waals surface area contributed by atoms with Gasteiger partial charge in [0.25, 0.3) is 5.91 Å². The molecule has 2 aromatic heterocycles. The van der Waals surface area contributed by atoms with Gasteiger partial charge in [0.1, 0.15) is 11.5 Å². The SMILES string of the molecule is CN(Cc1nc(-c2ccccc2)n[nH]1)C(=O)c1cc(C(N)=O)cn1C. The minimum atomic E-state index is -0.569. The van der Waals surface area contributed by atoms with Crippen LogP contribution in [0.3, 0.4) is 0 Å². The summed E-state index contributed by atoms with van der Waals surface area (Å²) in [6, 6.07) is 11.1. The van der Waals surface area contributed by atoms with Gasteiger partial charge in [-0.15, -0.1) is 0 Å². The van der Waals surface area contributed by atoms with Gasteiger partial charge in [-0.2, -0.15) is 5.10 Å². The van der Waals surface area contributed by atoms with Crippen LogP contribution < -0.4 is 5.73 Å². The second-order valence-corrected chi connectivity index (χ2v) is 5.72. The maximum absolute atomic E-state index is 12.6. The number of carbonyl (C=O) groups is 2. The van der Waals surface area contributed by atoms with Crippen LogP contribution in [0, 0.1) is 0 Å². The molecule has 0 unspecified atom stereocenters. The Morgan fingerprint density at radius 2 is 2.00 bits per heavy atom. The molecular weight excluding hydrogens is 320 g/mol. The quantitative estimate of drug-likeness (QED) is 0.728. The number of aromatic nitrogens is 4. The summed E-state index contributed by atoms with van der Waals surface area (Å²) in [5, 5.41) is 7.02. The molecule has 0 saturated carbocycles. The van der Waals surface area contributed by atoms with Gasteiger partial charge < -0.3 is 15.2 Å². The number of hydrogen-bond acceptors (Lipinski definition) is 4. The Labute approximate surface area is 144 Å². The third kappa shape index (κ3) is 3.42. The van der Waals surface area contributed by atoms with Gasteiger partial charge in [0, 0.05) is 25.9 Å². The fourth-order valence-corrected chi connectivity index (χ4v) is 2.49. The molecule has 0 spiro atoms. The van der Waals surface area contributed by atoms with Crippen LogP contribution in [0.4, 0.5) is 0 Å². The van der Waals surface area contributed by atoms with Crippen LogP contribution in [-0.4, -0.2) is 43.5 Å². The normalized spacial score (nSPS) is 10.6. The highest BCUT2D eigenvalue weighted by Gasteiger charge is 2.19. The molecule has 1 aromatic carbocycles. The third-order valence-corrected chi connectivity index (χ3v) is 3.81. The fourth-order valence-electron chi connectivity index (χ4n) is 2.49. The van der Waals surface area contributed by atoms with E-state index < -0.39 is 5.91 Å². The molecule has 128 valence electrons. The number of nitrogens with zero attached hydrogens (tertiary/aromatic N) is 4. The van der Waals surface area contributed by atoms with Crippen molar-refractivity contribution in [2.24, 2.45) is 12.8 Å². The van der Waals surface area contributed by atoms with Crippen LogP contribution in [0.25, 0.3) is 11.4 Å². The van der Waals surface area contributed by atoms with E-state index in [-0.39, 0.29) is 12.5 Å². The summed E-state index contributed by atoms with van der Waals surface area (Å²) in [7, 11) is 3.35. The Morgan fingerprint density at radius 3 is 2.64 bits per heavy atom. The third-order valence-electron chi connectivity index (χ3n) is 3.81. The lowest BCUT2D eigenvalue weighted by atomic mass is 10.2. The zero-order valence-electron chi connectivity index (χ0n) is 13.9. The molecule has 3 aromatic rings. The average molecular weight is 338 g/mol. The molecule has 8 nitrogen and oxygen atoms in total. The number of nitrogens with one attached hydrogen (secondary N) is 1. The van der Waals surface area contributed by atoms with E-state index in [0.29, 0.717) is 22.9 Å². The Kier molecular flexibility index (Phi) is 4.34. The number of H-pyrrole nitrogens is 1. The second kappa shape index (κ2) is 6.60.